The van der Waals surface area contributed by atoms with Crippen LogP contribution in [0.5, 0.6) is 0 Å². The molecule has 3 rings (SSSR count). The molecule has 25 nitrogen and oxygen atoms in total. The maximum absolute atomic E-state index is 12.8. The molecule has 0 aromatic rings. The topological polar surface area (TPSA) is 411 Å². The Labute approximate surface area is 317 Å². The highest BCUT2D eigenvalue weighted by molar-refractivity contribution is 5.78. The zero-order valence-corrected chi connectivity index (χ0v) is 30.3. The van der Waals surface area contributed by atoms with Crippen molar-refractivity contribution in [3.05, 3.63) is 0 Å². The second-order valence-corrected chi connectivity index (χ2v) is 13.7. The van der Waals surface area contributed by atoms with Crippen LogP contribution < -0.4 is 10.6 Å². The first-order valence-electron chi connectivity index (χ1n) is 17.3. The maximum atomic E-state index is 12.8. The molecule has 20 atom stereocenters. The van der Waals surface area contributed by atoms with Gasteiger partial charge in [-0.15, -0.1) is 0 Å². The number of hydrogen-bond acceptors (Lipinski definition) is 22. The van der Waals surface area contributed by atoms with Gasteiger partial charge in [0, 0.05) is 20.3 Å². The second kappa shape index (κ2) is 20.4. The van der Waals surface area contributed by atoms with Gasteiger partial charge < -0.3 is 110 Å². The van der Waals surface area contributed by atoms with Crippen molar-refractivity contribution in [2.45, 2.75) is 149 Å². The second-order valence-electron chi connectivity index (χ2n) is 13.7. The van der Waals surface area contributed by atoms with Gasteiger partial charge in [0.25, 0.3) is 5.79 Å². The molecule has 0 aromatic carbocycles. The van der Waals surface area contributed by atoms with E-state index < -0.39 is 166 Å². The van der Waals surface area contributed by atoms with E-state index in [0.717, 1.165) is 13.8 Å². The summed E-state index contributed by atoms with van der Waals surface area (Å²) in [7, 11) is 0. The Kier molecular flexibility index (Phi) is 17.4. The lowest BCUT2D eigenvalue weighted by Gasteiger charge is -2.50. The first kappa shape index (κ1) is 47.7. The first-order chi connectivity index (χ1) is 26.2. The number of aliphatic hydroxyl groups is 12. The van der Waals surface area contributed by atoms with Gasteiger partial charge >= 0.3 is 5.97 Å². The average molecular weight is 821 g/mol. The van der Waals surface area contributed by atoms with E-state index in [-0.39, 0.29) is 6.29 Å². The fourth-order valence-corrected chi connectivity index (χ4v) is 6.49. The Bertz CT molecular complexity index is 1320. The predicted molar refractivity (Wildman–Crippen MR) is 174 cm³/mol. The highest BCUT2D eigenvalue weighted by Crippen LogP contribution is 2.38. The van der Waals surface area contributed by atoms with Crippen LogP contribution in [0, 0.1) is 0 Å². The van der Waals surface area contributed by atoms with E-state index in [1.807, 2.05) is 0 Å². The lowest BCUT2D eigenvalue weighted by atomic mass is 9.88. The lowest BCUT2D eigenvalue weighted by molar-refractivity contribution is -0.379. The van der Waals surface area contributed by atoms with Gasteiger partial charge in [0.05, 0.1) is 38.1 Å². The molecule has 3 fully saturated rings. The van der Waals surface area contributed by atoms with Gasteiger partial charge in [-0.05, 0) is 6.92 Å². The van der Waals surface area contributed by atoms with E-state index in [0.29, 0.717) is 0 Å². The number of aliphatic hydroxyl groups excluding tert-OH is 12. The molecular weight excluding hydrogens is 768 g/mol. The molecule has 3 aliphatic rings. The molecule has 2 amide bonds. The van der Waals surface area contributed by atoms with Crippen LogP contribution in [-0.4, -0.2) is 232 Å². The number of carboxylic acids is 1. The number of hydrogen-bond donors (Lipinski definition) is 15. The summed E-state index contributed by atoms with van der Waals surface area (Å²) in [6.07, 6.45) is -35.3. The van der Waals surface area contributed by atoms with E-state index in [1.165, 1.54) is 6.92 Å². The third kappa shape index (κ3) is 10.7. The predicted octanol–water partition coefficient (Wildman–Crippen LogP) is -9.39. The average Bonchev–Trinajstić information content (AvgIpc) is 3.15. The van der Waals surface area contributed by atoms with E-state index >= 15 is 0 Å². The number of nitrogens with one attached hydrogen (secondary N) is 2. The van der Waals surface area contributed by atoms with Gasteiger partial charge in [-0.2, -0.15) is 0 Å². The summed E-state index contributed by atoms with van der Waals surface area (Å²) in [6.45, 7) is -0.160. The zero-order chi connectivity index (χ0) is 42.4. The Morgan fingerprint density at radius 2 is 1.41 bits per heavy atom. The molecule has 3 aliphatic heterocycles. The number of rotatable bonds is 18. The van der Waals surface area contributed by atoms with Gasteiger partial charge in [0.15, 0.2) is 12.6 Å². The number of ether oxygens (including phenoxy) is 6. The first-order valence-corrected chi connectivity index (χ1v) is 17.3. The van der Waals surface area contributed by atoms with Crippen molar-refractivity contribution in [3.8, 4) is 0 Å². The number of amides is 2. The number of carbonyl (C=O) groups is 4. The van der Waals surface area contributed by atoms with E-state index in [2.05, 4.69) is 10.6 Å². The SMILES string of the molecule is CC(=O)N[C@H]1[C@H]([C@H](O)[C@H](O)CO)O[C@@](O[C@H]2[C@H](O)[C@@H](O[C@@H]([C@H](O[C@@H]3O[C@H](C)[C@@H](O)[C@H](O)[C@@H]3O)[C@H](O)CO)[C@@H](C=O)NC(C)=O)O[C@@H](CO)[C@@H]2O)(C(=O)O)C[C@@H]1O. The summed E-state index contributed by atoms with van der Waals surface area (Å²) in [6, 6.07) is -3.52. The summed E-state index contributed by atoms with van der Waals surface area (Å²) >= 11 is 0. The molecular formula is C31H52N2O23. The monoisotopic (exact) mass is 820 g/mol. The van der Waals surface area contributed by atoms with Crippen molar-refractivity contribution >= 4 is 24.1 Å². The van der Waals surface area contributed by atoms with Crippen LogP contribution in [-0.2, 0) is 47.6 Å². The Morgan fingerprint density at radius 3 is 1.93 bits per heavy atom. The summed E-state index contributed by atoms with van der Waals surface area (Å²) < 4.78 is 33.6. The van der Waals surface area contributed by atoms with Crippen LogP contribution in [0.4, 0.5) is 0 Å². The molecule has 3 heterocycles. The highest BCUT2D eigenvalue weighted by atomic mass is 16.8. The van der Waals surface area contributed by atoms with Gasteiger partial charge in [0.2, 0.25) is 11.8 Å². The minimum Gasteiger partial charge on any atom is -0.477 e. The number of carbonyl (C=O) groups excluding carboxylic acids is 3. The Morgan fingerprint density at radius 1 is 0.821 bits per heavy atom. The molecule has 3 saturated heterocycles. The standard InChI is InChI=1S/C31H52N2O23/c1-9-18(43)21(46)22(47)28(51-9)54-25(15(42)7-36)24(12(5-34)32-10(2)38)53-29-23(48)27(20(45)16(8-37)52-29)56-31(30(49)50)4-13(40)17(33-11(3)39)26(55-31)19(44)14(41)6-35/h5,9,12-29,35-37,40-48H,4,6-8H2,1-3H3,(H,32,38)(H,33,39)(H,49,50)/t9-,12-,13+,14-,15-,16+,17-,18-,19-,20+,21+,22+,23+,24-,25-,26-,27-,28+,29-,31+/m1/s1. The highest BCUT2D eigenvalue weighted by Gasteiger charge is 2.60. The summed E-state index contributed by atoms with van der Waals surface area (Å²) in [5.41, 5.74) is 0. The van der Waals surface area contributed by atoms with Crippen molar-refractivity contribution in [2.24, 2.45) is 0 Å². The molecule has 0 unspecified atom stereocenters. The van der Waals surface area contributed by atoms with Gasteiger partial charge in [-0.1, -0.05) is 0 Å². The van der Waals surface area contributed by atoms with Crippen LogP contribution >= 0.6 is 0 Å². The van der Waals surface area contributed by atoms with E-state index in [4.69, 9.17) is 28.4 Å². The van der Waals surface area contributed by atoms with Crippen LogP contribution in [0.2, 0.25) is 0 Å². The quantitative estimate of drug-likeness (QED) is 0.0571. The minimum atomic E-state index is -3.17. The van der Waals surface area contributed by atoms with Crippen molar-refractivity contribution in [1.82, 2.24) is 10.6 Å². The van der Waals surface area contributed by atoms with Crippen molar-refractivity contribution in [1.29, 1.82) is 0 Å². The van der Waals surface area contributed by atoms with E-state index in [9.17, 15) is 85.6 Å². The number of carboxylic acid groups (broad SMARTS) is 1. The molecule has 0 aliphatic carbocycles. The maximum Gasteiger partial charge on any atom is 0.364 e. The summed E-state index contributed by atoms with van der Waals surface area (Å²) in [4.78, 5) is 49.2. The van der Waals surface area contributed by atoms with Crippen molar-refractivity contribution < 1.29 is 114 Å². The number of aldehydes is 1. The molecule has 0 aromatic heterocycles. The van der Waals surface area contributed by atoms with Crippen LogP contribution in [0.1, 0.15) is 27.2 Å². The van der Waals surface area contributed by atoms with Gasteiger partial charge in [-0.25, -0.2) is 4.79 Å². The molecule has 56 heavy (non-hydrogen) atoms. The molecule has 0 saturated carbocycles. The number of aliphatic carboxylic acids is 1. The van der Waals surface area contributed by atoms with Crippen molar-refractivity contribution in [2.75, 3.05) is 19.8 Å². The molecule has 15 N–H and O–H groups in total. The van der Waals surface area contributed by atoms with E-state index in [1.54, 1.807) is 0 Å². The van der Waals surface area contributed by atoms with Crippen LogP contribution in [0.25, 0.3) is 0 Å². The zero-order valence-electron chi connectivity index (χ0n) is 30.3. The molecule has 324 valence electrons. The Balaban J connectivity index is 2.07. The minimum absolute atomic E-state index is 0.0574. The third-order valence-electron chi connectivity index (χ3n) is 9.49. The fraction of sp³-hybridized carbons (Fsp3) is 0.871. The molecule has 0 spiro atoms. The summed E-state index contributed by atoms with van der Waals surface area (Å²) in [5, 5.41) is 141. The fourth-order valence-electron chi connectivity index (χ4n) is 6.49. The van der Waals surface area contributed by atoms with Gasteiger partial charge in [0.1, 0.15) is 91.7 Å². The summed E-state index contributed by atoms with van der Waals surface area (Å²) in [5.74, 6) is -6.92. The van der Waals surface area contributed by atoms with Crippen LogP contribution in [0.15, 0.2) is 0 Å². The normalized spacial score (nSPS) is 39.7. The molecule has 0 radical (unpaired) electrons. The smallest absolute Gasteiger partial charge is 0.364 e. The van der Waals surface area contributed by atoms with Crippen LogP contribution in [0.3, 0.4) is 0 Å². The largest absolute Gasteiger partial charge is 0.477 e. The lowest BCUT2D eigenvalue weighted by Crippen LogP contribution is -2.70. The molecule has 0 bridgehead atoms. The van der Waals surface area contributed by atoms with Crippen molar-refractivity contribution in [3.63, 3.8) is 0 Å². The molecule has 25 heteroatoms. The third-order valence-corrected chi connectivity index (χ3v) is 9.49. The Hall–Kier alpha value is -2.64. The van der Waals surface area contributed by atoms with Gasteiger partial charge in [-0.3, -0.25) is 9.59 Å².